The van der Waals surface area contributed by atoms with Crippen LogP contribution in [0.2, 0.25) is 0 Å². The molecule has 0 radical (unpaired) electrons. The summed E-state index contributed by atoms with van der Waals surface area (Å²) in [5, 5.41) is 15.7. The Morgan fingerprint density at radius 1 is 1.21 bits per heavy atom. The number of nitriles is 1. The van der Waals surface area contributed by atoms with E-state index < -0.39 is 5.97 Å². The van der Waals surface area contributed by atoms with Crippen LogP contribution in [0, 0.1) is 17.2 Å². The van der Waals surface area contributed by atoms with E-state index in [9.17, 15) is 10.1 Å². The van der Waals surface area contributed by atoms with Crippen molar-refractivity contribution in [2.24, 2.45) is 11.1 Å². The van der Waals surface area contributed by atoms with Crippen LogP contribution in [0.4, 0.5) is 0 Å². The van der Waals surface area contributed by atoms with Gasteiger partial charge in [-0.25, -0.2) is 4.79 Å². The molecule has 1 fully saturated rings. The van der Waals surface area contributed by atoms with Crippen molar-refractivity contribution in [1.29, 1.82) is 5.26 Å². The van der Waals surface area contributed by atoms with Crippen LogP contribution in [-0.2, 0) is 16.2 Å². The van der Waals surface area contributed by atoms with Gasteiger partial charge in [0.05, 0.1) is 17.3 Å². The Balaban J connectivity index is 1.80. The molecule has 0 amide bonds. The quantitative estimate of drug-likeness (QED) is 0.317. The first-order chi connectivity index (χ1) is 14.1. The second kappa shape index (κ2) is 8.08. The highest BCUT2D eigenvalue weighted by atomic mass is 16.7. The zero-order chi connectivity index (χ0) is 20.4. The smallest absolute Gasteiger partial charge is 0.331 e. The van der Waals surface area contributed by atoms with E-state index in [-0.39, 0.29) is 0 Å². The van der Waals surface area contributed by atoms with Gasteiger partial charge in [0.2, 0.25) is 0 Å². The predicted octanol–water partition coefficient (Wildman–Crippen LogP) is 5.53. The molecule has 4 rings (SSSR count). The molecule has 1 aliphatic rings. The molecule has 5 nitrogen and oxygen atoms in total. The van der Waals surface area contributed by atoms with E-state index in [1.165, 1.54) is 26.2 Å². The molecular weight excluding hydrogens is 362 g/mol. The standard InChI is InChI=1S/C24H25N3O2/c1-3-27-23-11-8-18(15-25)13-20(23)21-14-19(9-12-24(21)27)22(26-29-16(2)28)10-7-17-5-4-6-17/h8-9,11-14,17H,3-7,10H2,1-2H3. The molecule has 0 atom stereocenters. The third-order valence-corrected chi connectivity index (χ3v) is 5.94. The van der Waals surface area contributed by atoms with Crippen molar-refractivity contribution in [3.05, 3.63) is 47.5 Å². The van der Waals surface area contributed by atoms with E-state index in [0.29, 0.717) is 5.56 Å². The van der Waals surface area contributed by atoms with E-state index in [1.54, 1.807) is 0 Å². The highest BCUT2D eigenvalue weighted by Crippen LogP contribution is 2.33. The van der Waals surface area contributed by atoms with Gasteiger partial charge in [-0.1, -0.05) is 30.5 Å². The molecule has 5 heteroatoms. The molecule has 0 saturated heterocycles. The number of rotatable bonds is 6. The number of hydrogen-bond donors (Lipinski definition) is 0. The Hall–Kier alpha value is -3.13. The lowest BCUT2D eigenvalue weighted by molar-refractivity contribution is -0.140. The predicted molar refractivity (Wildman–Crippen MR) is 115 cm³/mol. The molecule has 3 aromatic rings. The van der Waals surface area contributed by atoms with Crippen molar-refractivity contribution in [2.75, 3.05) is 0 Å². The van der Waals surface area contributed by atoms with Crippen molar-refractivity contribution in [1.82, 2.24) is 4.57 Å². The largest absolute Gasteiger partial charge is 0.341 e. The van der Waals surface area contributed by atoms with E-state index in [1.807, 2.05) is 18.2 Å². The fourth-order valence-corrected chi connectivity index (χ4v) is 4.18. The van der Waals surface area contributed by atoms with Gasteiger partial charge >= 0.3 is 5.97 Å². The molecule has 1 saturated carbocycles. The van der Waals surface area contributed by atoms with Gasteiger partial charge in [-0.2, -0.15) is 5.26 Å². The molecular formula is C24H25N3O2. The highest BCUT2D eigenvalue weighted by molar-refractivity contribution is 6.12. The van der Waals surface area contributed by atoms with Gasteiger partial charge in [0, 0.05) is 40.8 Å². The summed E-state index contributed by atoms with van der Waals surface area (Å²) in [6.07, 6.45) is 5.72. The first-order valence-corrected chi connectivity index (χ1v) is 10.3. The van der Waals surface area contributed by atoms with Gasteiger partial charge in [-0.15, -0.1) is 0 Å². The van der Waals surface area contributed by atoms with Crippen LogP contribution in [-0.4, -0.2) is 16.2 Å². The summed E-state index contributed by atoms with van der Waals surface area (Å²) in [5.41, 5.74) is 4.68. The van der Waals surface area contributed by atoms with Crippen molar-refractivity contribution in [2.45, 2.75) is 52.5 Å². The molecule has 0 spiro atoms. The third kappa shape index (κ3) is 3.75. The SMILES string of the molecule is CCn1c2ccc(C#N)cc2c2cc(C(CCC3CCC3)=NOC(C)=O)ccc21. The average Bonchev–Trinajstić information content (AvgIpc) is 3.01. The first-order valence-electron chi connectivity index (χ1n) is 10.3. The van der Waals surface area contributed by atoms with Crippen LogP contribution in [0.3, 0.4) is 0 Å². The summed E-state index contributed by atoms with van der Waals surface area (Å²) in [7, 11) is 0. The van der Waals surface area contributed by atoms with E-state index >= 15 is 0 Å². The summed E-state index contributed by atoms with van der Waals surface area (Å²) in [4.78, 5) is 16.3. The van der Waals surface area contributed by atoms with Gasteiger partial charge in [0.1, 0.15) is 0 Å². The van der Waals surface area contributed by atoms with Crippen molar-refractivity contribution in [3.8, 4) is 6.07 Å². The average molecular weight is 387 g/mol. The number of fused-ring (bicyclic) bond motifs is 3. The van der Waals surface area contributed by atoms with Crippen LogP contribution in [0.1, 0.15) is 57.1 Å². The maximum atomic E-state index is 11.3. The van der Waals surface area contributed by atoms with Crippen LogP contribution in [0.5, 0.6) is 0 Å². The molecule has 29 heavy (non-hydrogen) atoms. The second-order valence-electron chi connectivity index (χ2n) is 7.78. The third-order valence-electron chi connectivity index (χ3n) is 5.94. The molecule has 148 valence electrons. The molecule has 0 unspecified atom stereocenters. The Morgan fingerprint density at radius 2 is 1.93 bits per heavy atom. The van der Waals surface area contributed by atoms with Crippen LogP contribution in [0.25, 0.3) is 21.8 Å². The van der Waals surface area contributed by atoms with Crippen LogP contribution < -0.4 is 0 Å². The van der Waals surface area contributed by atoms with Crippen molar-refractivity contribution < 1.29 is 9.63 Å². The van der Waals surface area contributed by atoms with Gasteiger partial charge in [-0.05, 0) is 56.0 Å². The van der Waals surface area contributed by atoms with Gasteiger partial charge in [0.15, 0.2) is 0 Å². The van der Waals surface area contributed by atoms with E-state index in [0.717, 1.165) is 58.4 Å². The number of carbonyl (C=O) groups is 1. The van der Waals surface area contributed by atoms with Crippen molar-refractivity contribution >= 4 is 33.5 Å². The molecule has 1 aromatic heterocycles. The Morgan fingerprint density at radius 3 is 2.55 bits per heavy atom. The summed E-state index contributed by atoms with van der Waals surface area (Å²) in [5.74, 6) is 0.343. The Kier molecular flexibility index (Phi) is 5.35. The van der Waals surface area contributed by atoms with E-state index in [4.69, 9.17) is 4.84 Å². The first kappa shape index (κ1) is 19.2. The maximum absolute atomic E-state index is 11.3. The zero-order valence-electron chi connectivity index (χ0n) is 16.9. The lowest BCUT2D eigenvalue weighted by Crippen LogP contribution is -2.14. The van der Waals surface area contributed by atoms with Crippen LogP contribution in [0.15, 0.2) is 41.6 Å². The number of carbonyl (C=O) groups excluding carboxylic acids is 1. The summed E-state index contributed by atoms with van der Waals surface area (Å²) in [6, 6.07) is 14.3. The number of nitrogens with zero attached hydrogens (tertiary/aromatic N) is 3. The monoisotopic (exact) mass is 387 g/mol. The molecule has 0 aliphatic heterocycles. The fraction of sp³-hybridized carbons (Fsp3) is 0.375. The van der Waals surface area contributed by atoms with Crippen molar-refractivity contribution in [3.63, 3.8) is 0 Å². The van der Waals surface area contributed by atoms with Gasteiger partial charge in [0.25, 0.3) is 0 Å². The summed E-state index contributed by atoms with van der Waals surface area (Å²) < 4.78 is 2.26. The number of hydrogen-bond acceptors (Lipinski definition) is 4. The van der Waals surface area contributed by atoms with Crippen LogP contribution >= 0.6 is 0 Å². The fourth-order valence-electron chi connectivity index (χ4n) is 4.18. The summed E-state index contributed by atoms with van der Waals surface area (Å²) in [6.45, 7) is 4.34. The minimum absolute atomic E-state index is 0.409. The lowest BCUT2D eigenvalue weighted by Gasteiger charge is -2.25. The zero-order valence-corrected chi connectivity index (χ0v) is 16.9. The number of aromatic nitrogens is 1. The number of oxime groups is 1. The molecule has 2 aromatic carbocycles. The molecule has 1 aliphatic carbocycles. The topological polar surface area (TPSA) is 67.4 Å². The van der Waals surface area contributed by atoms with Gasteiger partial charge < -0.3 is 9.40 Å². The summed E-state index contributed by atoms with van der Waals surface area (Å²) >= 11 is 0. The highest BCUT2D eigenvalue weighted by Gasteiger charge is 2.19. The van der Waals surface area contributed by atoms with E-state index in [2.05, 4.69) is 40.9 Å². The minimum atomic E-state index is -0.409. The Bertz CT molecular complexity index is 1150. The maximum Gasteiger partial charge on any atom is 0.331 e. The second-order valence-corrected chi connectivity index (χ2v) is 7.78. The Labute approximate surface area is 170 Å². The van der Waals surface area contributed by atoms with Gasteiger partial charge in [-0.3, -0.25) is 0 Å². The molecule has 1 heterocycles. The minimum Gasteiger partial charge on any atom is -0.341 e. The normalized spacial score (nSPS) is 14.7. The number of aryl methyl sites for hydroxylation is 1. The molecule has 0 N–H and O–H groups in total. The lowest BCUT2D eigenvalue weighted by atomic mass is 9.81. The molecule has 0 bridgehead atoms. The number of benzene rings is 2.